The van der Waals surface area contributed by atoms with Gasteiger partial charge in [0.15, 0.2) is 0 Å². The first kappa shape index (κ1) is 23.5. The van der Waals surface area contributed by atoms with Crippen LogP contribution in [0.4, 0.5) is 5.69 Å². The van der Waals surface area contributed by atoms with Crippen molar-refractivity contribution in [2.45, 2.75) is 38.5 Å². The molecule has 1 N–H and O–H groups in total. The molecule has 1 aliphatic rings. The molecule has 0 saturated carbocycles. The largest absolute Gasteiger partial charge is 0.496 e. The zero-order valence-electron chi connectivity index (χ0n) is 19.4. The quantitative estimate of drug-likeness (QED) is 0.528. The lowest BCUT2D eigenvalue weighted by Gasteiger charge is -2.32. The molecule has 3 aromatic rings. The van der Waals surface area contributed by atoms with Crippen molar-refractivity contribution in [2.75, 3.05) is 25.5 Å². The number of methoxy groups -OCH3 is 1. The van der Waals surface area contributed by atoms with Crippen molar-refractivity contribution in [3.05, 3.63) is 78.1 Å². The van der Waals surface area contributed by atoms with Crippen LogP contribution in [0.5, 0.6) is 5.75 Å². The minimum atomic E-state index is -0.173. The van der Waals surface area contributed by atoms with E-state index in [1.165, 1.54) is 0 Å². The van der Waals surface area contributed by atoms with E-state index in [2.05, 4.69) is 22.5 Å². The molecule has 0 aliphatic carbocycles. The van der Waals surface area contributed by atoms with Crippen molar-refractivity contribution >= 4 is 17.5 Å². The summed E-state index contributed by atoms with van der Waals surface area (Å²) in [6.07, 6.45) is 5.23. The summed E-state index contributed by atoms with van der Waals surface area (Å²) in [5, 5.41) is 7.06. The third-order valence-electron chi connectivity index (χ3n) is 5.88. The molecule has 178 valence electrons. The highest BCUT2D eigenvalue weighted by Gasteiger charge is 2.23. The van der Waals surface area contributed by atoms with Crippen LogP contribution >= 0.6 is 0 Å². The molecule has 8 heteroatoms. The molecular formula is C26H30N4O4. The Bertz CT molecular complexity index is 1090. The molecule has 8 nitrogen and oxygen atoms in total. The van der Waals surface area contributed by atoms with E-state index in [-0.39, 0.29) is 30.9 Å². The summed E-state index contributed by atoms with van der Waals surface area (Å²) >= 11 is 0. The molecule has 2 amide bonds. The number of anilines is 1. The standard InChI is InChI=1S/C26H30N4O4/c1-33-24-10-6-5-9-21(24)15-25(31)28-22-16-27-30(17-22)18-26(32)29-13-11-23(12-14-29)34-19-20-7-3-2-4-8-20/h2-10,16-17,23H,11-15,18-19H2,1H3,(H,28,31). The van der Waals surface area contributed by atoms with Gasteiger partial charge in [0.25, 0.3) is 0 Å². The second kappa shape index (κ2) is 11.5. The Balaban J connectivity index is 1.21. The summed E-state index contributed by atoms with van der Waals surface area (Å²) in [7, 11) is 1.58. The van der Waals surface area contributed by atoms with E-state index < -0.39 is 0 Å². The van der Waals surface area contributed by atoms with Gasteiger partial charge >= 0.3 is 0 Å². The molecule has 1 saturated heterocycles. The van der Waals surface area contributed by atoms with E-state index in [1.54, 1.807) is 24.2 Å². The molecule has 2 aromatic carbocycles. The Morgan fingerprint density at radius 3 is 2.56 bits per heavy atom. The summed E-state index contributed by atoms with van der Waals surface area (Å²) in [6.45, 7) is 2.07. The lowest BCUT2D eigenvalue weighted by Crippen LogP contribution is -2.42. The monoisotopic (exact) mass is 462 g/mol. The van der Waals surface area contributed by atoms with Crippen LogP contribution < -0.4 is 10.1 Å². The number of carbonyl (C=O) groups excluding carboxylic acids is 2. The van der Waals surface area contributed by atoms with E-state index in [1.807, 2.05) is 47.4 Å². The highest BCUT2D eigenvalue weighted by atomic mass is 16.5. The number of para-hydroxylation sites is 1. The van der Waals surface area contributed by atoms with Crippen molar-refractivity contribution in [1.29, 1.82) is 0 Å². The number of aromatic nitrogens is 2. The number of hydrogen-bond donors (Lipinski definition) is 1. The highest BCUT2D eigenvalue weighted by molar-refractivity contribution is 5.92. The number of ether oxygens (including phenoxy) is 2. The second-order valence-electron chi connectivity index (χ2n) is 8.34. The smallest absolute Gasteiger partial charge is 0.244 e. The molecule has 0 radical (unpaired) electrons. The van der Waals surface area contributed by atoms with Crippen LogP contribution in [0.3, 0.4) is 0 Å². The van der Waals surface area contributed by atoms with Gasteiger partial charge in [-0.15, -0.1) is 0 Å². The summed E-state index contributed by atoms with van der Waals surface area (Å²) in [5.41, 5.74) is 2.52. The molecule has 0 unspecified atom stereocenters. The predicted molar refractivity (Wildman–Crippen MR) is 128 cm³/mol. The van der Waals surface area contributed by atoms with Gasteiger partial charge in [0, 0.05) is 24.8 Å². The van der Waals surface area contributed by atoms with Crippen LogP contribution in [-0.4, -0.2) is 52.8 Å². The van der Waals surface area contributed by atoms with Gasteiger partial charge in [0.05, 0.1) is 38.1 Å². The molecule has 2 heterocycles. The van der Waals surface area contributed by atoms with E-state index in [4.69, 9.17) is 9.47 Å². The van der Waals surface area contributed by atoms with Gasteiger partial charge in [-0.2, -0.15) is 5.10 Å². The third-order valence-corrected chi connectivity index (χ3v) is 5.88. The fourth-order valence-electron chi connectivity index (χ4n) is 4.04. The Labute approximate surface area is 199 Å². The minimum absolute atomic E-state index is 0.0107. The van der Waals surface area contributed by atoms with Gasteiger partial charge in [0.1, 0.15) is 12.3 Å². The molecule has 0 spiro atoms. The first-order valence-corrected chi connectivity index (χ1v) is 11.5. The summed E-state index contributed by atoms with van der Waals surface area (Å²) < 4.78 is 12.9. The van der Waals surface area contributed by atoms with Crippen LogP contribution in [0, 0.1) is 0 Å². The van der Waals surface area contributed by atoms with Crippen molar-refractivity contribution in [1.82, 2.24) is 14.7 Å². The number of likely N-dealkylation sites (tertiary alicyclic amines) is 1. The molecule has 4 rings (SSSR count). The van der Waals surface area contributed by atoms with Crippen molar-refractivity contribution in [3.8, 4) is 5.75 Å². The maximum atomic E-state index is 12.7. The van der Waals surface area contributed by atoms with E-state index in [0.29, 0.717) is 31.1 Å². The first-order valence-electron chi connectivity index (χ1n) is 11.5. The maximum Gasteiger partial charge on any atom is 0.244 e. The molecule has 1 fully saturated rings. The molecule has 0 bridgehead atoms. The van der Waals surface area contributed by atoms with Gasteiger partial charge in [0.2, 0.25) is 11.8 Å². The SMILES string of the molecule is COc1ccccc1CC(=O)Nc1cnn(CC(=O)N2CCC(OCc3ccccc3)CC2)c1. The third kappa shape index (κ3) is 6.45. The lowest BCUT2D eigenvalue weighted by atomic mass is 10.1. The van der Waals surface area contributed by atoms with Crippen LogP contribution in [0.2, 0.25) is 0 Å². The second-order valence-corrected chi connectivity index (χ2v) is 8.34. The maximum absolute atomic E-state index is 12.7. The van der Waals surface area contributed by atoms with E-state index >= 15 is 0 Å². The van der Waals surface area contributed by atoms with Crippen molar-refractivity contribution < 1.29 is 19.1 Å². The zero-order chi connectivity index (χ0) is 23.8. The van der Waals surface area contributed by atoms with Gasteiger partial charge in [-0.05, 0) is 24.5 Å². The molecule has 1 aromatic heterocycles. The van der Waals surface area contributed by atoms with E-state index in [0.717, 1.165) is 24.0 Å². The Kier molecular flexibility index (Phi) is 7.93. The number of nitrogens with one attached hydrogen (secondary N) is 1. The van der Waals surface area contributed by atoms with Gasteiger partial charge in [-0.25, -0.2) is 0 Å². The number of benzene rings is 2. The lowest BCUT2D eigenvalue weighted by molar-refractivity contribution is -0.134. The topological polar surface area (TPSA) is 85.7 Å². The van der Waals surface area contributed by atoms with Crippen molar-refractivity contribution in [2.24, 2.45) is 0 Å². The zero-order valence-corrected chi connectivity index (χ0v) is 19.4. The fourth-order valence-corrected chi connectivity index (χ4v) is 4.04. The van der Waals surface area contributed by atoms with Gasteiger partial charge in [-0.1, -0.05) is 48.5 Å². The molecule has 0 atom stereocenters. The number of nitrogens with zero attached hydrogens (tertiary/aromatic N) is 3. The molecular weight excluding hydrogens is 432 g/mol. The summed E-state index contributed by atoms with van der Waals surface area (Å²) in [6, 6.07) is 17.5. The number of carbonyl (C=O) groups is 2. The Hall–Kier alpha value is -3.65. The van der Waals surface area contributed by atoms with E-state index in [9.17, 15) is 9.59 Å². The number of piperidine rings is 1. The number of rotatable bonds is 9. The Morgan fingerprint density at radius 2 is 1.79 bits per heavy atom. The van der Waals surface area contributed by atoms with Crippen LogP contribution in [-0.2, 0) is 33.9 Å². The average Bonchev–Trinajstić information content (AvgIpc) is 3.30. The minimum Gasteiger partial charge on any atom is -0.496 e. The van der Waals surface area contributed by atoms with Gasteiger partial charge < -0.3 is 19.7 Å². The predicted octanol–water partition coefficient (Wildman–Crippen LogP) is 3.28. The normalized spacial score (nSPS) is 14.1. The Morgan fingerprint density at radius 1 is 1.06 bits per heavy atom. The van der Waals surface area contributed by atoms with Crippen LogP contribution in [0.1, 0.15) is 24.0 Å². The van der Waals surface area contributed by atoms with Crippen LogP contribution in [0.15, 0.2) is 67.0 Å². The van der Waals surface area contributed by atoms with Gasteiger partial charge in [-0.3, -0.25) is 14.3 Å². The average molecular weight is 463 g/mol. The number of amides is 2. The first-order chi connectivity index (χ1) is 16.6. The van der Waals surface area contributed by atoms with Crippen molar-refractivity contribution in [3.63, 3.8) is 0 Å². The highest BCUT2D eigenvalue weighted by Crippen LogP contribution is 2.19. The summed E-state index contributed by atoms with van der Waals surface area (Å²) in [5.74, 6) is 0.512. The summed E-state index contributed by atoms with van der Waals surface area (Å²) in [4.78, 5) is 27.0. The molecule has 1 aliphatic heterocycles. The van der Waals surface area contributed by atoms with Crippen LogP contribution in [0.25, 0.3) is 0 Å². The molecule has 34 heavy (non-hydrogen) atoms. The fraction of sp³-hybridized carbons (Fsp3) is 0.346. The number of hydrogen-bond acceptors (Lipinski definition) is 5.